The molecule has 3 rings (SSSR count). The van der Waals surface area contributed by atoms with Crippen LogP contribution in [0.15, 0.2) is 47.2 Å². The molecule has 3 heterocycles. The largest absolute Gasteiger partial charge is 0.477 e. The zero-order valence-corrected chi connectivity index (χ0v) is 12.3. The maximum atomic E-state index is 11.2. The maximum Gasteiger partial charge on any atom is 0.341 e. The van der Waals surface area contributed by atoms with E-state index in [1.807, 2.05) is 12.1 Å². The molecule has 7 nitrogen and oxygen atoms in total. The number of aryl methyl sites for hydroxylation is 1. The second-order valence-corrected chi connectivity index (χ2v) is 4.73. The first-order valence-electron chi connectivity index (χ1n) is 6.84. The summed E-state index contributed by atoms with van der Waals surface area (Å²) < 4.78 is 10.8. The SMILES string of the molecule is Cc1onc(-c2ccccn2)c1COc1ncccc1C(=O)O. The molecule has 116 valence electrons. The molecule has 0 atom stereocenters. The van der Waals surface area contributed by atoms with Crippen molar-refractivity contribution in [1.29, 1.82) is 0 Å². The average Bonchev–Trinajstić information content (AvgIpc) is 2.94. The first-order chi connectivity index (χ1) is 11.2. The van der Waals surface area contributed by atoms with Gasteiger partial charge >= 0.3 is 5.97 Å². The lowest BCUT2D eigenvalue weighted by molar-refractivity contribution is 0.0690. The van der Waals surface area contributed by atoms with Crippen LogP contribution < -0.4 is 4.74 Å². The number of ether oxygens (including phenoxy) is 1. The van der Waals surface area contributed by atoms with E-state index in [0.29, 0.717) is 22.7 Å². The molecule has 3 aromatic rings. The highest BCUT2D eigenvalue weighted by Gasteiger charge is 2.18. The predicted molar refractivity (Wildman–Crippen MR) is 80.0 cm³/mol. The summed E-state index contributed by atoms with van der Waals surface area (Å²) in [5, 5.41) is 13.2. The molecule has 0 aliphatic rings. The fraction of sp³-hybridized carbons (Fsp3) is 0.125. The lowest BCUT2D eigenvalue weighted by Gasteiger charge is -2.07. The summed E-state index contributed by atoms with van der Waals surface area (Å²) >= 11 is 0. The van der Waals surface area contributed by atoms with Gasteiger partial charge in [0.25, 0.3) is 0 Å². The van der Waals surface area contributed by atoms with Crippen LogP contribution in [-0.2, 0) is 6.61 Å². The first kappa shape index (κ1) is 14.7. The maximum absolute atomic E-state index is 11.2. The number of aromatic nitrogens is 3. The number of carboxylic acid groups (broad SMARTS) is 1. The monoisotopic (exact) mass is 311 g/mol. The average molecular weight is 311 g/mol. The molecule has 0 aromatic carbocycles. The van der Waals surface area contributed by atoms with Gasteiger partial charge in [0.1, 0.15) is 23.6 Å². The Morgan fingerprint density at radius 1 is 1.22 bits per heavy atom. The van der Waals surface area contributed by atoms with E-state index < -0.39 is 5.97 Å². The summed E-state index contributed by atoms with van der Waals surface area (Å²) in [6.45, 7) is 1.84. The second-order valence-electron chi connectivity index (χ2n) is 4.73. The third kappa shape index (κ3) is 3.03. The molecule has 7 heteroatoms. The molecule has 23 heavy (non-hydrogen) atoms. The number of aromatic carboxylic acids is 1. The van der Waals surface area contributed by atoms with Crippen LogP contribution in [0.5, 0.6) is 5.88 Å². The van der Waals surface area contributed by atoms with E-state index in [4.69, 9.17) is 14.4 Å². The highest BCUT2D eigenvalue weighted by Crippen LogP contribution is 2.25. The Morgan fingerprint density at radius 2 is 2.04 bits per heavy atom. The van der Waals surface area contributed by atoms with E-state index in [9.17, 15) is 4.79 Å². The summed E-state index contributed by atoms with van der Waals surface area (Å²) in [6, 6.07) is 8.44. The van der Waals surface area contributed by atoms with Crippen molar-refractivity contribution in [3.63, 3.8) is 0 Å². The quantitative estimate of drug-likeness (QED) is 0.773. The Labute approximate surface area is 131 Å². The van der Waals surface area contributed by atoms with Gasteiger partial charge in [0, 0.05) is 12.4 Å². The van der Waals surface area contributed by atoms with E-state index in [1.165, 1.54) is 12.3 Å². The minimum absolute atomic E-state index is 0.000920. The van der Waals surface area contributed by atoms with Gasteiger partial charge in [-0.15, -0.1) is 0 Å². The fourth-order valence-corrected chi connectivity index (χ4v) is 2.07. The Kier molecular flexibility index (Phi) is 4.01. The molecule has 0 saturated heterocycles. The molecular weight excluding hydrogens is 298 g/mol. The third-order valence-electron chi connectivity index (χ3n) is 3.25. The van der Waals surface area contributed by atoms with Gasteiger partial charge in [-0.05, 0) is 31.2 Å². The summed E-state index contributed by atoms with van der Waals surface area (Å²) in [5.41, 5.74) is 1.92. The van der Waals surface area contributed by atoms with Crippen molar-refractivity contribution in [2.45, 2.75) is 13.5 Å². The molecule has 0 radical (unpaired) electrons. The molecular formula is C16H13N3O4. The van der Waals surface area contributed by atoms with E-state index in [1.54, 1.807) is 25.3 Å². The zero-order valence-electron chi connectivity index (χ0n) is 12.3. The Balaban J connectivity index is 1.88. The molecule has 0 spiro atoms. The number of hydrogen-bond acceptors (Lipinski definition) is 6. The second kappa shape index (κ2) is 6.27. The summed E-state index contributed by atoms with van der Waals surface area (Å²) in [7, 11) is 0. The zero-order chi connectivity index (χ0) is 16.2. The number of pyridine rings is 2. The molecule has 0 amide bonds. The van der Waals surface area contributed by atoms with Crippen LogP contribution in [0.25, 0.3) is 11.4 Å². The van der Waals surface area contributed by atoms with Gasteiger partial charge in [-0.3, -0.25) is 4.98 Å². The van der Waals surface area contributed by atoms with Crippen LogP contribution in [0.3, 0.4) is 0 Å². The molecule has 0 saturated carbocycles. The van der Waals surface area contributed by atoms with Gasteiger partial charge in [-0.2, -0.15) is 0 Å². The Bertz CT molecular complexity index is 830. The lowest BCUT2D eigenvalue weighted by atomic mass is 10.1. The normalized spacial score (nSPS) is 10.5. The molecule has 3 aromatic heterocycles. The van der Waals surface area contributed by atoms with E-state index in [-0.39, 0.29) is 18.1 Å². The fourth-order valence-electron chi connectivity index (χ4n) is 2.07. The number of carbonyl (C=O) groups is 1. The van der Waals surface area contributed by atoms with Gasteiger partial charge < -0.3 is 14.4 Å². The lowest BCUT2D eigenvalue weighted by Crippen LogP contribution is -2.06. The molecule has 0 fully saturated rings. The van der Waals surface area contributed by atoms with Gasteiger partial charge in [0.15, 0.2) is 0 Å². The standard InChI is InChI=1S/C16H13N3O4/c1-10-12(14(19-23-10)13-6-2-3-7-17-13)9-22-15-11(16(20)21)5-4-8-18-15/h2-8H,9H2,1H3,(H,20,21). The van der Waals surface area contributed by atoms with Crippen molar-refractivity contribution in [3.8, 4) is 17.3 Å². The minimum atomic E-state index is -1.10. The topological polar surface area (TPSA) is 98.3 Å². The number of rotatable bonds is 5. The highest BCUT2D eigenvalue weighted by atomic mass is 16.5. The van der Waals surface area contributed by atoms with Gasteiger partial charge in [0.05, 0.1) is 11.3 Å². The minimum Gasteiger partial charge on any atom is -0.477 e. The van der Waals surface area contributed by atoms with Crippen LogP contribution in [0.4, 0.5) is 0 Å². The van der Waals surface area contributed by atoms with Crippen molar-refractivity contribution in [2.24, 2.45) is 0 Å². The summed E-state index contributed by atoms with van der Waals surface area (Å²) in [4.78, 5) is 19.4. The molecule has 0 aliphatic heterocycles. The van der Waals surface area contributed by atoms with Crippen LogP contribution in [0.2, 0.25) is 0 Å². The Morgan fingerprint density at radius 3 is 2.78 bits per heavy atom. The number of nitrogens with zero attached hydrogens (tertiary/aromatic N) is 3. The van der Waals surface area contributed by atoms with Crippen molar-refractivity contribution in [3.05, 3.63) is 59.6 Å². The van der Waals surface area contributed by atoms with Gasteiger partial charge in [-0.1, -0.05) is 11.2 Å². The van der Waals surface area contributed by atoms with Crippen molar-refractivity contribution in [2.75, 3.05) is 0 Å². The van der Waals surface area contributed by atoms with Crippen LogP contribution in [0.1, 0.15) is 21.7 Å². The predicted octanol–water partition coefficient (Wildman–Crippen LogP) is 2.72. The molecule has 0 bridgehead atoms. The smallest absolute Gasteiger partial charge is 0.341 e. The summed E-state index contributed by atoms with van der Waals surface area (Å²) in [6.07, 6.45) is 3.13. The van der Waals surface area contributed by atoms with Crippen LogP contribution in [0, 0.1) is 6.92 Å². The molecule has 0 aliphatic carbocycles. The number of carboxylic acids is 1. The van der Waals surface area contributed by atoms with Crippen molar-refractivity contribution < 1.29 is 19.2 Å². The van der Waals surface area contributed by atoms with Gasteiger partial charge in [0.2, 0.25) is 5.88 Å². The van der Waals surface area contributed by atoms with Crippen LogP contribution >= 0.6 is 0 Å². The van der Waals surface area contributed by atoms with Crippen LogP contribution in [-0.4, -0.2) is 26.2 Å². The van der Waals surface area contributed by atoms with E-state index in [2.05, 4.69) is 15.1 Å². The molecule has 0 unspecified atom stereocenters. The summed E-state index contributed by atoms with van der Waals surface area (Å²) in [5.74, 6) is -0.467. The molecule has 1 N–H and O–H groups in total. The highest BCUT2D eigenvalue weighted by molar-refractivity contribution is 5.90. The first-order valence-corrected chi connectivity index (χ1v) is 6.84. The van der Waals surface area contributed by atoms with Crippen molar-refractivity contribution >= 4 is 5.97 Å². The van der Waals surface area contributed by atoms with E-state index >= 15 is 0 Å². The van der Waals surface area contributed by atoms with E-state index in [0.717, 1.165) is 0 Å². The third-order valence-corrected chi connectivity index (χ3v) is 3.25. The van der Waals surface area contributed by atoms with Gasteiger partial charge in [-0.25, -0.2) is 9.78 Å². The number of hydrogen-bond donors (Lipinski definition) is 1. The Hall–Kier alpha value is -3.22. The van der Waals surface area contributed by atoms with Crippen molar-refractivity contribution in [1.82, 2.24) is 15.1 Å².